The highest BCUT2D eigenvalue weighted by atomic mass is 35.5. The fraction of sp³-hybridized carbons (Fsp3) is 0.600. The Labute approximate surface area is 167 Å². The van der Waals surface area contributed by atoms with Crippen LogP contribution in [-0.2, 0) is 9.59 Å². The predicted molar refractivity (Wildman–Crippen MR) is 112 cm³/mol. The van der Waals surface area contributed by atoms with Crippen LogP contribution in [0.1, 0.15) is 52.4 Å². The average molecular weight is 401 g/mol. The summed E-state index contributed by atoms with van der Waals surface area (Å²) >= 11 is 11.6. The van der Waals surface area contributed by atoms with E-state index in [9.17, 15) is 9.59 Å². The van der Waals surface area contributed by atoms with Gasteiger partial charge in [-0.25, -0.2) is 0 Å². The van der Waals surface area contributed by atoms with Crippen molar-refractivity contribution in [2.45, 2.75) is 52.4 Å². The molecule has 0 bridgehead atoms. The summed E-state index contributed by atoms with van der Waals surface area (Å²) in [6.07, 6.45) is 4.20. The quantitative estimate of drug-likeness (QED) is 0.356. The van der Waals surface area contributed by atoms with Crippen molar-refractivity contribution < 1.29 is 9.59 Å². The van der Waals surface area contributed by atoms with Crippen LogP contribution in [0.5, 0.6) is 0 Å². The van der Waals surface area contributed by atoms with Crippen LogP contribution in [0, 0.1) is 0 Å². The number of alkyl halides is 2. The van der Waals surface area contributed by atoms with Crippen molar-refractivity contribution in [3.05, 3.63) is 24.3 Å². The number of para-hydroxylation sites is 2. The number of benzene rings is 1. The summed E-state index contributed by atoms with van der Waals surface area (Å²) in [4.78, 5) is 28.7. The number of hydrogen-bond donors (Lipinski definition) is 0. The fourth-order valence-electron chi connectivity index (χ4n) is 2.79. The van der Waals surface area contributed by atoms with Crippen LogP contribution in [0.25, 0.3) is 0 Å². The van der Waals surface area contributed by atoms with E-state index >= 15 is 0 Å². The van der Waals surface area contributed by atoms with Gasteiger partial charge in [-0.1, -0.05) is 26.0 Å². The number of amides is 2. The molecule has 2 amide bonds. The van der Waals surface area contributed by atoms with Gasteiger partial charge in [0.25, 0.3) is 0 Å². The van der Waals surface area contributed by atoms with Crippen LogP contribution < -0.4 is 9.80 Å². The van der Waals surface area contributed by atoms with Gasteiger partial charge < -0.3 is 9.80 Å². The van der Waals surface area contributed by atoms with Gasteiger partial charge in [0.05, 0.1) is 11.4 Å². The Morgan fingerprint density at radius 2 is 1.15 bits per heavy atom. The van der Waals surface area contributed by atoms with Gasteiger partial charge in [-0.15, -0.1) is 23.2 Å². The highest BCUT2D eigenvalue weighted by molar-refractivity contribution is 6.18. The van der Waals surface area contributed by atoms with Crippen LogP contribution >= 0.6 is 23.2 Å². The van der Waals surface area contributed by atoms with Gasteiger partial charge in [-0.2, -0.15) is 0 Å². The summed E-state index contributed by atoms with van der Waals surface area (Å²) in [5.41, 5.74) is 1.59. The van der Waals surface area contributed by atoms with E-state index in [2.05, 4.69) is 0 Å². The van der Waals surface area contributed by atoms with Crippen molar-refractivity contribution in [1.82, 2.24) is 0 Å². The SMILES string of the molecule is CCC(=O)N(CCCCCl)c1ccccc1N(CCCCCl)C(=O)CC. The van der Waals surface area contributed by atoms with E-state index in [1.165, 1.54) is 0 Å². The Morgan fingerprint density at radius 3 is 1.46 bits per heavy atom. The number of hydrogen-bond acceptors (Lipinski definition) is 2. The second-order valence-corrected chi connectivity index (χ2v) is 6.83. The van der Waals surface area contributed by atoms with E-state index in [1.807, 2.05) is 38.1 Å². The monoisotopic (exact) mass is 400 g/mol. The lowest BCUT2D eigenvalue weighted by atomic mass is 10.1. The minimum atomic E-state index is 0.0525. The maximum Gasteiger partial charge on any atom is 0.226 e. The third-order valence-electron chi connectivity index (χ3n) is 4.20. The number of carbonyl (C=O) groups is 2. The summed E-state index contributed by atoms with van der Waals surface area (Å²) in [6, 6.07) is 7.65. The molecule has 0 saturated heterocycles. The van der Waals surface area contributed by atoms with Crippen molar-refractivity contribution in [2.24, 2.45) is 0 Å². The second kappa shape index (κ2) is 13.0. The molecule has 0 N–H and O–H groups in total. The lowest BCUT2D eigenvalue weighted by Crippen LogP contribution is -2.36. The molecule has 0 aliphatic carbocycles. The molecule has 0 saturated carbocycles. The number of nitrogens with zero attached hydrogens (tertiary/aromatic N) is 2. The van der Waals surface area contributed by atoms with Crippen LogP contribution in [0.4, 0.5) is 11.4 Å². The Bertz CT molecular complexity index is 517. The second-order valence-electron chi connectivity index (χ2n) is 6.08. The molecule has 0 aromatic heterocycles. The predicted octanol–water partition coefficient (Wildman–Crippen LogP) is 5.21. The summed E-state index contributed by atoms with van der Waals surface area (Å²) in [7, 11) is 0. The van der Waals surface area contributed by atoms with Crippen LogP contribution in [0.2, 0.25) is 0 Å². The molecule has 0 radical (unpaired) electrons. The molecule has 1 aromatic carbocycles. The molecule has 0 heterocycles. The molecule has 6 heteroatoms. The largest absolute Gasteiger partial charge is 0.310 e. The highest BCUT2D eigenvalue weighted by Crippen LogP contribution is 2.31. The van der Waals surface area contributed by atoms with Gasteiger partial charge in [0.1, 0.15) is 0 Å². The molecule has 146 valence electrons. The number of halogens is 2. The van der Waals surface area contributed by atoms with E-state index in [0.717, 1.165) is 37.1 Å². The molecule has 26 heavy (non-hydrogen) atoms. The first kappa shape index (κ1) is 22.8. The first-order chi connectivity index (χ1) is 12.6. The maximum absolute atomic E-state index is 12.6. The Morgan fingerprint density at radius 1 is 0.769 bits per heavy atom. The third-order valence-corrected chi connectivity index (χ3v) is 4.74. The van der Waals surface area contributed by atoms with Crippen molar-refractivity contribution in [3.8, 4) is 0 Å². The summed E-state index contributed by atoms with van der Waals surface area (Å²) in [6.45, 7) is 4.92. The smallest absolute Gasteiger partial charge is 0.226 e. The molecule has 0 spiro atoms. The molecule has 1 aromatic rings. The summed E-state index contributed by atoms with van der Waals surface area (Å²) < 4.78 is 0. The fourth-order valence-corrected chi connectivity index (χ4v) is 3.17. The van der Waals surface area contributed by atoms with Crippen molar-refractivity contribution >= 4 is 46.4 Å². The zero-order chi connectivity index (χ0) is 19.4. The van der Waals surface area contributed by atoms with E-state index in [4.69, 9.17) is 23.2 Å². The van der Waals surface area contributed by atoms with E-state index in [1.54, 1.807) is 9.80 Å². The van der Waals surface area contributed by atoms with Gasteiger partial charge in [0.15, 0.2) is 0 Å². The zero-order valence-electron chi connectivity index (χ0n) is 15.8. The van der Waals surface area contributed by atoms with Crippen LogP contribution in [0.15, 0.2) is 24.3 Å². The number of anilines is 2. The highest BCUT2D eigenvalue weighted by Gasteiger charge is 2.22. The zero-order valence-corrected chi connectivity index (χ0v) is 17.4. The van der Waals surface area contributed by atoms with E-state index < -0.39 is 0 Å². The van der Waals surface area contributed by atoms with Gasteiger partial charge in [-0.3, -0.25) is 9.59 Å². The molecular weight excluding hydrogens is 371 g/mol. The van der Waals surface area contributed by atoms with E-state index in [-0.39, 0.29) is 11.8 Å². The molecule has 0 aliphatic rings. The average Bonchev–Trinajstić information content (AvgIpc) is 2.68. The number of unbranched alkanes of at least 4 members (excludes halogenated alkanes) is 2. The topological polar surface area (TPSA) is 40.6 Å². The number of carbonyl (C=O) groups excluding carboxylic acids is 2. The number of rotatable bonds is 12. The lowest BCUT2D eigenvalue weighted by Gasteiger charge is -2.30. The molecule has 0 fully saturated rings. The molecule has 0 aliphatic heterocycles. The first-order valence-corrected chi connectivity index (χ1v) is 10.5. The minimum absolute atomic E-state index is 0.0525. The molecule has 0 unspecified atom stereocenters. The van der Waals surface area contributed by atoms with Gasteiger partial charge in [0, 0.05) is 37.7 Å². The van der Waals surface area contributed by atoms with Crippen molar-refractivity contribution in [2.75, 3.05) is 34.6 Å². The van der Waals surface area contributed by atoms with Gasteiger partial charge in [-0.05, 0) is 37.8 Å². The normalized spacial score (nSPS) is 10.6. The third kappa shape index (κ3) is 6.81. The Hall–Kier alpha value is -1.26. The summed E-state index contributed by atoms with van der Waals surface area (Å²) in [5.74, 6) is 1.26. The van der Waals surface area contributed by atoms with E-state index in [0.29, 0.717) is 37.7 Å². The van der Waals surface area contributed by atoms with Crippen molar-refractivity contribution in [1.29, 1.82) is 0 Å². The van der Waals surface area contributed by atoms with Crippen molar-refractivity contribution in [3.63, 3.8) is 0 Å². The maximum atomic E-state index is 12.6. The van der Waals surface area contributed by atoms with Crippen LogP contribution in [-0.4, -0.2) is 36.7 Å². The molecule has 0 atom stereocenters. The van der Waals surface area contributed by atoms with Crippen LogP contribution in [0.3, 0.4) is 0 Å². The molecular formula is C20H30Cl2N2O2. The minimum Gasteiger partial charge on any atom is -0.310 e. The summed E-state index contributed by atoms with van der Waals surface area (Å²) in [5, 5.41) is 0. The first-order valence-electron chi connectivity index (χ1n) is 9.42. The van der Waals surface area contributed by atoms with Gasteiger partial charge in [0.2, 0.25) is 11.8 Å². The standard InChI is InChI=1S/C20H30Cl2N2O2/c1-3-19(25)23(15-9-7-13-21)17-11-5-6-12-18(17)24(20(26)4-2)16-10-8-14-22/h5-6,11-12H,3-4,7-10,13-16H2,1-2H3. The molecule has 4 nitrogen and oxygen atoms in total. The Balaban J connectivity index is 3.19. The lowest BCUT2D eigenvalue weighted by molar-refractivity contribution is -0.119. The molecule has 1 rings (SSSR count). The van der Waals surface area contributed by atoms with Gasteiger partial charge >= 0.3 is 0 Å². The Kier molecular flexibility index (Phi) is 11.4.